The number of ether oxygens (including phenoxy) is 3. The summed E-state index contributed by atoms with van der Waals surface area (Å²) in [6, 6.07) is 9.20. The number of rotatable bonds is 4. The van der Waals surface area contributed by atoms with Crippen LogP contribution in [-0.4, -0.2) is 74.3 Å². The number of aromatic hydroxyl groups is 10. The Morgan fingerprint density at radius 3 is 1.79 bits per heavy atom. The molecule has 0 bridgehead atoms. The van der Waals surface area contributed by atoms with E-state index in [9.17, 15) is 65.8 Å². The number of aliphatic hydroxyl groups is 1. The van der Waals surface area contributed by atoms with E-state index < -0.39 is 92.8 Å². The predicted octanol–water partition coefficient (Wildman–Crippen LogP) is 3.19. The quantitative estimate of drug-likeness (QED) is 0.0940. The number of hydrogen-bond acceptors (Lipinski definition) is 16. The lowest BCUT2D eigenvalue weighted by Crippen LogP contribution is -2.35. The van der Waals surface area contributed by atoms with E-state index in [1.54, 1.807) is 0 Å². The van der Waals surface area contributed by atoms with Crippen LogP contribution in [0.3, 0.4) is 0 Å². The summed E-state index contributed by atoms with van der Waals surface area (Å²) in [6.07, 6.45) is -6.28. The van der Waals surface area contributed by atoms with Gasteiger partial charge in [-0.2, -0.15) is 0 Å². The predicted molar refractivity (Wildman–Crippen MR) is 176 cm³/mol. The van der Waals surface area contributed by atoms with E-state index >= 15 is 0 Å². The Morgan fingerprint density at radius 1 is 0.615 bits per heavy atom. The van der Waals surface area contributed by atoms with Gasteiger partial charge in [0.05, 0.1) is 17.1 Å². The zero-order valence-corrected chi connectivity index (χ0v) is 26.4. The summed E-state index contributed by atoms with van der Waals surface area (Å²) in [5.41, 5.74) is -1.59. The van der Waals surface area contributed by atoms with Gasteiger partial charge in [-0.05, 0) is 41.3 Å². The molecule has 0 amide bonds. The van der Waals surface area contributed by atoms with E-state index in [0.717, 1.165) is 42.5 Å². The number of carbonyl (C=O) groups is 1. The van der Waals surface area contributed by atoms with Gasteiger partial charge >= 0.3 is 5.97 Å². The van der Waals surface area contributed by atoms with Crippen LogP contribution >= 0.6 is 0 Å². The van der Waals surface area contributed by atoms with Gasteiger partial charge in [0, 0.05) is 53.8 Å². The number of phenols is 9. The van der Waals surface area contributed by atoms with Crippen LogP contribution in [0.2, 0.25) is 0 Å². The van der Waals surface area contributed by atoms with Gasteiger partial charge < -0.3 is 70.4 Å². The molecule has 0 fully saturated rings. The van der Waals surface area contributed by atoms with Crippen molar-refractivity contribution in [3.8, 4) is 69.0 Å². The fourth-order valence-electron chi connectivity index (χ4n) is 6.53. The third-order valence-corrected chi connectivity index (χ3v) is 8.98. The Hall–Kier alpha value is -6.94. The van der Waals surface area contributed by atoms with Crippen LogP contribution in [-0.2, 0) is 17.6 Å². The monoisotopic (exact) mass is 716 g/mol. The molecule has 4 atom stereocenters. The average molecular weight is 717 g/mol. The first-order valence-corrected chi connectivity index (χ1v) is 15.4. The molecule has 2 heterocycles. The summed E-state index contributed by atoms with van der Waals surface area (Å²) in [7, 11) is 0. The summed E-state index contributed by atoms with van der Waals surface area (Å²) in [6.45, 7) is 0. The smallest absolute Gasteiger partial charge is 0.338 e. The highest BCUT2D eigenvalue weighted by atomic mass is 16.6. The normalized spacial score (nSPS) is 19.2. The molecule has 0 spiro atoms. The van der Waals surface area contributed by atoms with Crippen molar-refractivity contribution in [1.29, 1.82) is 0 Å². The zero-order valence-electron chi connectivity index (χ0n) is 26.4. The van der Waals surface area contributed by atoms with E-state index in [0.29, 0.717) is 0 Å². The minimum absolute atomic E-state index is 0.0173. The van der Waals surface area contributed by atoms with Crippen molar-refractivity contribution in [2.24, 2.45) is 0 Å². The Kier molecular flexibility index (Phi) is 7.83. The van der Waals surface area contributed by atoms with Gasteiger partial charge in [0.2, 0.25) is 5.43 Å². The Labute approximate surface area is 290 Å². The molecule has 11 N–H and O–H groups in total. The van der Waals surface area contributed by atoms with Crippen LogP contribution in [0.5, 0.6) is 69.0 Å². The van der Waals surface area contributed by atoms with Crippen molar-refractivity contribution >= 4 is 16.7 Å². The number of carbonyl (C=O) groups excluding carboxylic acids is 1. The lowest BCUT2D eigenvalue weighted by molar-refractivity contribution is -0.0184. The van der Waals surface area contributed by atoms with Crippen molar-refractivity contribution in [3.05, 3.63) is 92.6 Å². The number of fused-ring (bicyclic) bond motifs is 3. The molecule has 7 rings (SSSR count). The molecule has 5 aromatic rings. The van der Waals surface area contributed by atoms with E-state index in [1.165, 1.54) is 12.1 Å². The Morgan fingerprint density at radius 2 is 1.17 bits per heavy atom. The standard InChI is InChI=1S/C36H28O16/c37-14-5-20(39)18-10-26(45)34(50-27(18)7-14)12-1-16-17(9-25(44)33(48)30(16)32(47)24(43)2-12)35-29(11-19-21(40)6-15(38)8-28(19)51-35)52-36(49)13-3-22(41)31(46)23(42)4-13/h1-9,26,29,34-35,37-42,44-46,48H,10-11H2,(H,43,47)/t26-,29+,34-,35-/m1/s1. The first-order valence-electron chi connectivity index (χ1n) is 15.4. The van der Waals surface area contributed by atoms with Crippen LogP contribution < -0.4 is 14.9 Å². The molecule has 5 aromatic carbocycles. The largest absolute Gasteiger partial charge is 0.508 e. The maximum atomic E-state index is 13.6. The molecule has 16 heteroatoms. The summed E-state index contributed by atoms with van der Waals surface area (Å²) < 4.78 is 17.8. The maximum absolute atomic E-state index is 13.6. The second-order valence-electron chi connectivity index (χ2n) is 12.4. The highest BCUT2D eigenvalue weighted by Gasteiger charge is 2.39. The highest BCUT2D eigenvalue weighted by Crippen LogP contribution is 2.48. The van der Waals surface area contributed by atoms with Crippen molar-refractivity contribution in [1.82, 2.24) is 0 Å². The van der Waals surface area contributed by atoms with Crippen molar-refractivity contribution in [3.63, 3.8) is 0 Å². The molecular weight excluding hydrogens is 688 g/mol. The zero-order chi connectivity index (χ0) is 37.3. The molecule has 0 aromatic heterocycles. The second-order valence-corrected chi connectivity index (χ2v) is 12.4. The number of esters is 1. The summed E-state index contributed by atoms with van der Waals surface area (Å²) in [4.78, 5) is 27.0. The SMILES string of the molecule is O=C(O[C@H]1Cc2c(O)cc(O)cc2O[C@@H]1c1cc(O)c(O)c2c(=O)c(O)cc([C@H]3Oc4cc(O)cc(O)c4C[C@H]3O)cc12)c1cc(O)c(O)c(O)c1. The van der Waals surface area contributed by atoms with E-state index in [1.807, 2.05) is 0 Å². The molecule has 52 heavy (non-hydrogen) atoms. The number of phenolic OH excluding ortho intramolecular Hbond substituents is 9. The van der Waals surface area contributed by atoms with Gasteiger partial charge in [-0.3, -0.25) is 4.79 Å². The number of hydrogen-bond donors (Lipinski definition) is 11. The molecule has 0 radical (unpaired) electrons. The topological polar surface area (TPSA) is 284 Å². The lowest BCUT2D eigenvalue weighted by atomic mass is 9.90. The summed E-state index contributed by atoms with van der Waals surface area (Å²) in [5, 5.41) is 114. The van der Waals surface area contributed by atoms with Gasteiger partial charge in [0.25, 0.3) is 0 Å². The van der Waals surface area contributed by atoms with Gasteiger partial charge in [-0.15, -0.1) is 0 Å². The van der Waals surface area contributed by atoms with Crippen LogP contribution in [0.15, 0.2) is 59.4 Å². The Balaban J connectivity index is 1.42. The maximum Gasteiger partial charge on any atom is 0.338 e. The van der Waals surface area contributed by atoms with E-state index in [2.05, 4.69) is 0 Å². The molecule has 268 valence electrons. The molecule has 0 unspecified atom stereocenters. The molecule has 2 aliphatic heterocycles. The van der Waals surface area contributed by atoms with Crippen LogP contribution in [0, 0.1) is 0 Å². The number of aliphatic hydroxyl groups excluding tert-OH is 1. The first kappa shape index (κ1) is 33.6. The number of benzene rings is 4. The molecule has 0 saturated carbocycles. The third kappa shape index (κ3) is 5.56. The molecule has 0 aliphatic carbocycles. The summed E-state index contributed by atoms with van der Waals surface area (Å²) >= 11 is 0. The van der Waals surface area contributed by atoms with Crippen molar-refractivity contribution in [2.75, 3.05) is 0 Å². The van der Waals surface area contributed by atoms with Gasteiger partial charge in [0.15, 0.2) is 40.6 Å². The van der Waals surface area contributed by atoms with Gasteiger partial charge in [-0.1, -0.05) is 0 Å². The van der Waals surface area contributed by atoms with E-state index in [4.69, 9.17) is 14.2 Å². The van der Waals surface area contributed by atoms with Crippen LogP contribution in [0.25, 0.3) is 10.8 Å². The highest BCUT2D eigenvalue weighted by molar-refractivity contribution is 5.94. The van der Waals surface area contributed by atoms with E-state index in [-0.39, 0.29) is 63.5 Å². The Bertz CT molecular complexity index is 2370. The van der Waals surface area contributed by atoms with Gasteiger partial charge in [-0.25, -0.2) is 4.79 Å². The summed E-state index contributed by atoms with van der Waals surface area (Å²) in [5.74, 6) is -8.24. The lowest BCUT2D eigenvalue weighted by Gasteiger charge is -2.34. The average Bonchev–Trinajstić information content (AvgIpc) is 3.20. The third-order valence-electron chi connectivity index (χ3n) is 8.98. The molecular formula is C36H28O16. The fraction of sp³-hybridized carbons (Fsp3) is 0.167. The first-order chi connectivity index (χ1) is 24.6. The molecule has 2 aliphatic rings. The molecule has 0 saturated heterocycles. The fourth-order valence-corrected chi connectivity index (χ4v) is 6.53. The van der Waals surface area contributed by atoms with Crippen molar-refractivity contribution < 1.29 is 75.2 Å². The minimum atomic E-state index is -1.53. The van der Waals surface area contributed by atoms with Gasteiger partial charge in [0.1, 0.15) is 46.7 Å². The van der Waals surface area contributed by atoms with Crippen molar-refractivity contribution in [2.45, 2.75) is 37.3 Å². The van der Waals surface area contributed by atoms with Crippen LogP contribution in [0.1, 0.15) is 44.8 Å². The van der Waals surface area contributed by atoms with Crippen LogP contribution in [0.4, 0.5) is 0 Å². The second kappa shape index (κ2) is 12.1. The molecule has 16 nitrogen and oxygen atoms in total. The minimum Gasteiger partial charge on any atom is -0.508 e.